The highest BCUT2D eigenvalue weighted by atomic mass is 32.1. The molecule has 1 aliphatic carbocycles. The van der Waals surface area contributed by atoms with E-state index in [2.05, 4.69) is 57.3 Å². The highest BCUT2D eigenvalue weighted by molar-refractivity contribution is 7.71. The molecule has 0 aromatic carbocycles. The van der Waals surface area contributed by atoms with Gasteiger partial charge in [0.2, 0.25) is 0 Å². The van der Waals surface area contributed by atoms with Crippen LogP contribution in [0.15, 0.2) is 6.20 Å². The van der Waals surface area contributed by atoms with Gasteiger partial charge < -0.3 is 9.55 Å². The molecule has 0 amide bonds. The summed E-state index contributed by atoms with van der Waals surface area (Å²) in [5.41, 5.74) is 2.18. The van der Waals surface area contributed by atoms with Crippen molar-refractivity contribution in [1.29, 1.82) is 0 Å². The molecule has 96 valence electrons. The SMILES string of the molecule is CC(C)c1c[nH]c(=S)n1CC1C(C)(C)C1(C)C. The molecule has 1 aliphatic rings. The van der Waals surface area contributed by atoms with Crippen LogP contribution in [-0.4, -0.2) is 9.55 Å². The Kier molecular flexibility index (Phi) is 2.81. The van der Waals surface area contributed by atoms with Crippen molar-refractivity contribution in [1.82, 2.24) is 9.55 Å². The summed E-state index contributed by atoms with van der Waals surface area (Å²) in [6, 6.07) is 0. The molecule has 17 heavy (non-hydrogen) atoms. The third-order valence-corrected chi connectivity index (χ3v) is 5.51. The fourth-order valence-corrected chi connectivity index (χ4v) is 3.29. The molecule has 1 aromatic heterocycles. The summed E-state index contributed by atoms with van der Waals surface area (Å²) in [5.74, 6) is 1.24. The van der Waals surface area contributed by atoms with Crippen molar-refractivity contribution in [3.05, 3.63) is 16.7 Å². The second-order valence-electron chi connectivity index (χ2n) is 6.78. The number of hydrogen-bond donors (Lipinski definition) is 1. The smallest absolute Gasteiger partial charge is 0.177 e. The normalized spacial score (nSPS) is 22.1. The number of aromatic amines is 1. The largest absolute Gasteiger partial charge is 0.337 e. The molecule has 0 atom stereocenters. The van der Waals surface area contributed by atoms with Gasteiger partial charge in [0.25, 0.3) is 0 Å². The third kappa shape index (κ3) is 1.79. The molecule has 1 aromatic rings. The molecule has 0 saturated heterocycles. The Labute approximate surface area is 109 Å². The van der Waals surface area contributed by atoms with Gasteiger partial charge in [-0.2, -0.15) is 0 Å². The molecular formula is C14H24N2S. The molecule has 0 aliphatic heterocycles. The van der Waals surface area contributed by atoms with Crippen LogP contribution in [0.3, 0.4) is 0 Å². The van der Waals surface area contributed by atoms with Gasteiger partial charge in [-0.3, -0.25) is 0 Å². The fraction of sp³-hybridized carbons (Fsp3) is 0.786. The minimum atomic E-state index is 0.424. The Morgan fingerprint density at radius 1 is 1.29 bits per heavy atom. The van der Waals surface area contributed by atoms with Crippen LogP contribution in [-0.2, 0) is 6.54 Å². The lowest BCUT2D eigenvalue weighted by molar-refractivity contribution is 0.457. The van der Waals surface area contributed by atoms with Crippen molar-refractivity contribution in [2.75, 3.05) is 0 Å². The van der Waals surface area contributed by atoms with Gasteiger partial charge in [-0.15, -0.1) is 0 Å². The highest BCUT2D eigenvalue weighted by Crippen LogP contribution is 2.68. The number of nitrogens with one attached hydrogen (secondary N) is 1. The lowest BCUT2D eigenvalue weighted by atomic mass is 10.0. The van der Waals surface area contributed by atoms with Gasteiger partial charge in [0.05, 0.1) is 0 Å². The van der Waals surface area contributed by atoms with Gasteiger partial charge in [0, 0.05) is 18.4 Å². The number of H-pyrrole nitrogens is 1. The Hall–Kier alpha value is -0.570. The van der Waals surface area contributed by atoms with E-state index in [1.807, 2.05) is 0 Å². The van der Waals surface area contributed by atoms with E-state index >= 15 is 0 Å². The monoisotopic (exact) mass is 252 g/mol. The van der Waals surface area contributed by atoms with Crippen LogP contribution in [0.4, 0.5) is 0 Å². The number of aromatic nitrogens is 2. The topological polar surface area (TPSA) is 20.7 Å². The summed E-state index contributed by atoms with van der Waals surface area (Å²) in [6.07, 6.45) is 2.06. The number of hydrogen-bond acceptors (Lipinski definition) is 1. The van der Waals surface area contributed by atoms with E-state index in [4.69, 9.17) is 12.2 Å². The van der Waals surface area contributed by atoms with Gasteiger partial charge in [-0.1, -0.05) is 41.5 Å². The van der Waals surface area contributed by atoms with E-state index in [0.29, 0.717) is 16.7 Å². The fourth-order valence-electron chi connectivity index (χ4n) is 3.05. The predicted molar refractivity (Wildman–Crippen MR) is 74.8 cm³/mol. The molecular weight excluding hydrogens is 228 g/mol. The quantitative estimate of drug-likeness (QED) is 0.793. The highest BCUT2D eigenvalue weighted by Gasteiger charge is 2.64. The molecule has 1 heterocycles. The lowest BCUT2D eigenvalue weighted by Gasteiger charge is -2.12. The van der Waals surface area contributed by atoms with E-state index in [0.717, 1.165) is 17.2 Å². The van der Waals surface area contributed by atoms with Crippen molar-refractivity contribution in [3.8, 4) is 0 Å². The number of rotatable bonds is 3. The minimum absolute atomic E-state index is 0.424. The Morgan fingerprint density at radius 3 is 2.24 bits per heavy atom. The first kappa shape index (κ1) is 12.9. The standard InChI is InChI=1S/C14H24N2S/c1-9(2)10-7-15-12(17)16(10)8-11-13(3,4)14(11,5)6/h7,9,11H,8H2,1-6H3,(H,15,17). The second kappa shape index (κ2) is 3.71. The minimum Gasteiger partial charge on any atom is -0.337 e. The van der Waals surface area contributed by atoms with Gasteiger partial charge in [0.15, 0.2) is 4.77 Å². The Balaban J connectivity index is 2.27. The summed E-state index contributed by atoms with van der Waals surface area (Å²) in [7, 11) is 0. The molecule has 2 rings (SSSR count). The summed E-state index contributed by atoms with van der Waals surface area (Å²) in [6.45, 7) is 14.9. The van der Waals surface area contributed by atoms with Crippen LogP contribution in [0, 0.1) is 21.5 Å². The summed E-state index contributed by atoms with van der Waals surface area (Å²) >= 11 is 5.40. The van der Waals surface area contributed by atoms with Crippen molar-refractivity contribution in [2.45, 2.75) is 54.0 Å². The first-order chi connectivity index (χ1) is 7.69. The zero-order chi connectivity index (χ0) is 13.0. The van der Waals surface area contributed by atoms with Crippen LogP contribution < -0.4 is 0 Å². The maximum absolute atomic E-state index is 5.40. The van der Waals surface area contributed by atoms with E-state index in [1.165, 1.54) is 5.69 Å². The zero-order valence-corrected chi connectivity index (χ0v) is 12.6. The molecule has 0 unspecified atom stereocenters. The van der Waals surface area contributed by atoms with Gasteiger partial charge >= 0.3 is 0 Å². The molecule has 2 nitrogen and oxygen atoms in total. The second-order valence-corrected chi connectivity index (χ2v) is 7.17. The van der Waals surface area contributed by atoms with Gasteiger partial charge in [0.1, 0.15) is 0 Å². The lowest BCUT2D eigenvalue weighted by Crippen LogP contribution is -2.09. The first-order valence-electron chi connectivity index (χ1n) is 6.47. The molecule has 1 fully saturated rings. The predicted octanol–water partition coefficient (Wildman–Crippen LogP) is 4.35. The van der Waals surface area contributed by atoms with E-state index in [-0.39, 0.29) is 0 Å². The van der Waals surface area contributed by atoms with Crippen LogP contribution in [0.5, 0.6) is 0 Å². The van der Waals surface area contributed by atoms with Gasteiger partial charge in [-0.25, -0.2) is 0 Å². The van der Waals surface area contributed by atoms with Crippen LogP contribution in [0.1, 0.15) is 53.2 Å². The van der Waals surface area contributed by atoms with E-state index < -0.39 is 0 Å². The molecule has 0 radical (unpaired) electrons. The summed E-state index contributed by atoms with van der Waals surface area (Å²) < 4.78 is 3.16. The van der Waals surface area contributed by atoms with Crippen molar-refractivity contribution in [3.63, 3.8) is 0 Å². The van der Waals surface area contributed by atoms with Crippen molar-refractivity contribution in [2.24, 2.45) is 16.7 Å². The molecule has 1 saturated carbocycles. The molecule has 0 bridgehead atoms. The molecule has 3 heteroatoms. The number of imidazole rings is 1. The van der Waals surface area contributed by atoms with Crippen molar-refractivity contribution >= 4 is 12.2 Å². The first-order valence-corrected chi connectivity index (χ1v) is 6.88. The Bertz CT molecular complexity index is 463. The number of nitrogens with zero attached hydrogens (tertiary/aromatic N) is 1. The van der Waals surface area contributed by atoms with Crippen LogP contribution >= 0.6 is 12.2 Å². The molecule has 0 spiro atoms. The molecule has 1 N–H and O–H groups in total. The zero-order valence-electron chi connectivity index (χ0n) is 11.8. The van der Waals surface area contributed by atoms with Crippen LogP contribution in [0.25, 0.3) is 0 Å². The Morgan fingerprint density at radius 2 is 1.82 bits per heavy atom. The van der Waals surface area contributed by atoms with E-state index in [1.54, 1.807) is 0 Å². The maximum Gasteiger partial charge on any atom is 0.177 e. The average Bonchev–Trinajstić information content (AvgIpc) is 2.51. The van der Waals surface area contributed by atoms with Crippen LogP contribution in [0.2, 0.25) is 0 Å². The summed E-state index contributed by atoms with van der Waals surface area (Å²) in [5, 5.41) is 0. The maximum atomic E-state index is 5.40. The third-order valence-electron chi connectivity index (χ3n) is 5.18. The van der Waals surface area contributed by atoms with Gasteiger partial charge in [-0.05, 0) is 34.9 Å². The average molecular weight is 252 g/mol. The van der Waals surface area contributed by atoms with E-state index in [9.17, 15) is 0 Å². The summed E-state index contributed by atoms with van der Waals surface area (Å²) in [4.78, 5) is 3.18. The van der Waals surface area contributed by atoms with Crippen molar-refractivity contribution < 1.29 is 0 Å².